The van der Waals surface area contributed by atoms with E-state index in [2.05, 4.69) is 37.1 Å². The molecule has 24 heavy (non-hydrogen) atoms. The third-order valence-corrected chi connectivity index (χ3v) is 4.13. The first-order chi connectivity index (χ1) is 11.5. The van der Waals surface area contributed by atoms with Crippen LogP contribution in [0.2, 0.25) is 0 Å². The van der Waals surface area contributed by atoms with Crippen LogP contribution in [-0.4, -0.2) is 56.8 Å². The number of nitrogens with one attached hydrogen (secondary N) is 1. The molecule has 5 heteroatoms. The molecule has 1 fully saturated rings. The van der Waals surface area contributed by atoms with Gasteiger partial charge in [-0.05, 0) is 30.0 Å². The standard InChI is InChI=1S/C19H30N2O3/c1-19(2,3)16-7-4-5-8-17(16)24-15-18(22)20-9-6-10-21-11-13-23-14-12-21/h4-5,7-8H,6,9-15H2,1-3H3,(H,20,22). The molecule has 1 amide bonds. The number of ether oxygens (including phenoxy) is 2. The zero-order chi connectivity index (χ0) is 17.4. The predicted molar refractivity (Wildman–Crippen MR) is 95.5 cm³/mol. The summed E-state index contributed by atoms with van der Waals surface area (Å²) >= 11 is 0. The molecule has 1 saturated heterocycles. The first-order valence-corrected chi connectivity index (χ1v) is 8.76. The van der Waals surface area contributed by atoms with Crippen molar-refractivity contribution >= 4 is 5.91 Å². The molecule has 1 N–H and O–H groups in total. The number of para-hydroxylation sites is 1. The van der Waals surface area contributed by atoms with Crippen LogP contribution in [-0.2, 0) is 14.9 Å². The number of carbonyl (C=O) groups excluding carboxylic acids is 1. The lowest BCUT2D eigenvalue weighted by molar-refractivity contribution is -0.123. The number of amides is 1. The highest BCUT2D eigenvalue weighted by atomic mass is 16.5. The molecule has 0 saturated carbocycles. The SMILES string of the molecule is CC(C)(C)c1ccccc1OCC(=O)NCCCN1CCOCC1. The topological polar surface area (TPSA) is 50.8 Å². The van der Waals surface area contributed by atoms with E-state index < -0.39 is 0 Å². The third-order valence-electron chi connectivity index (χ3n) is 4.13. The quantitative estimate of drug-likeness (QED) is 0.777. The van der Waals surface area contributed by atoms with Gasteiger partial charge in [-0.3, -0.25) is 9.69 Å². The summed E-state index contributed by atoms with van der Waals surface area (Å²) in [7, 11) is 0. The highest BCUT2D eigenvalue weighted by Crippen LogP contribution is 2.30. The minimum Gasteiger partial charge on any atom is -0.483 e. The average molecular weight is 334 g/mol. The predicted octanol–water partition coefficient (Wildman–Crippen LogP) is 2.20. The van der Waals surface area contributed by atoms with Crippen LogP contribution in [0.5, 0.6) is 5.75 Å². The van der Waals surface area contributed by atoms with Gasteiger partial charge in [0, 0.05) is 19.6 Å². The first kappa shape index (κ1) is 18.7. The van der Waals surface area contributed by atoms with Crippen molar-refractivity contribution in [3.05, 3.63) is 29.8 Å². The molecule has 1 aromatic rings. The van der Waals surface area contributed by atoms with Gasteiger partial charge in [0.25, 0.3) is 5.91 Å². The van der Waals surface area contributed by atoms with Crippen LogP contribution in [0.4, 0.5) is 0 Å². The molecule has 1 aliphatic rings. The van der Waals surface area contributed by atoms with Crippen molar-refractivity contribution in [3.8, 4) is 5.75 Å². The molecule has 2 rings (SSSR count). The Morgan fingerprint density at radius 1 is 1.25 bits per heavy atom. The lowest BCUT2D eigenvalue weighted by Gasteiger charge is -2.26. The summed E-state index contributed by atoms with van der Waals surface area (Å²) in [6.07, 6.45) is 0.949. The van der Waals surface area contributed by atoms with Gasteiger partial charge in [-0.1, -0.05) is 39.0 Å². The normalized spacial score (nSPS) is 16.0. The van der Waals surface area contributed by atoms with Crippen LogP contribution in [0.15, 0.2) is 24.3 Å². The Hall–Kier alpha value is -1.59. The van der Waals surface area contributed by atoms with Crippen molar-refractivity contribution in [3.63, 3.8) is 0 Å². The zero-order valence-corrected chi connectivity index (χ0v) is 15.1. The minimum absolute atomic E-state index is 0.00870. The Balaban J connectivity index is 1.68. The summed E-state index contributed by atoms with van der Waals surface area (Å²) in [6, 6.07) is 7.91. The second-order valence-corrected chi connectivity index (χ2v) is 7.19. The second-order valence-electron chi connectivity index (χ2n) is 7.19. The maximum absolute atomic E-state index is 12.0. The fraction of sp³-hybridized carbons (Fsp3) is 0.632. The molecule has 0 radical (unpaired) electrons. The van der Waals surface area contributed by atoms with Gasteiger partial charge < -0.3 is 14.8 Å². The molecule has 0 unspecified atom stereocenters. The Morgan fingerprint density at radius 3 is 2.67 bits per heavy atom. The molecule has 1 heterocycles. The summed E-state index contributed by atoms with van der Waals surface area (Å²) in [5, 5.41) is 2.93. The third kappa shape index (κ3) is 6.13. The van der Waals surface area contributed by atoms with Crippen molar-refractivity contribution < 1.29 is 14.3 Å². The molecule has 0 atom stereocenters. The number of nitrogens with zero attached hydrogens (tertiary/aromatic N) is 1. The Morgan fingerprint density at radius 2 is 1.96 bits per heavy atom. The van der Waals surface area contributed by atoms with E-state index in [0.29, 0.717) is 6.54 Å². The fourth-order valence-corrected chi connectivity index (χ4v) is 2.76. The number of hydrogen-bond donors (Lipinski definition) is 1. The maximum atomic E-state index is 12.0. The van der Waals surface area contributed by atoms with Gasteiger partial charge in [0.2, 0.25) is 0 Å². The van der Waals surface area contributed by atoms with Crippen molar-refractivity contribution in [2.24, 2.45) is 0 Å². The van der Waals surface area contributed by atoms with Crippen LogP contribution in [0.3, 0.4) is 0 Å². The van der Waals surface area contributed by atoms with E-state index in [1.807, 2.05) is 18.2 Å². The van der Waals surface area contributed by atoms with E-state index in [0.717, 1.165) is 50.6 Å². The van der Waals surface area contributed by atoms with E-state index in [9.17, 15) is 4.79 Å². The maximum Gasteiger partial charge on any atom is 0.257 e. The highest BCUT2D eigenvalue weighted by Gasteiger charge is 2.18. The van der Waals surface area contributed by atoms with Crippen molar-refractivity contribution in [2.45, 2.75) is 32.6 Å². The van der Waals surface area contributed by atoms with Crippen LogP contribution >= 0.6 is 0 Å². The lowest BCUT2D eigenvalue weighted by Crippen LogP contribution is -2.38. The smallest absolute Gasteiger partial charge is 0.257 e. The van der Waals surface area contributed by atoms with Crippen LogP contribution < -0.4 is 10.1 Å². The zero-order valence-electron chi connectivity index (χ0n) is 15.1. The Kier molecular flexibility index (Phi) is 7.06. The monoisotopic (exact) mass is 334 g/mol. The van der Waals surface area contributed by atoms with Crippen molar-refractivity contribution in [1.82, 2.24) is 10.2 Å². The van der Waals surface area contributed by atoms with Crippen LogP contribution in [0.1, 0.15) is 32.8 Å². The molecule has 0 spiro atoms. The van der Waals surface area contributed by atoms with Crippen molar-refractivity contribution in [1.29, 1.82) is 0 Å². The summed E-state index contributed by atoms with van der Waals surface area (Å²) in [6.45, 7) is 11.8. The number of hydrogen-bond acceptors (Lipinski definition) is 4. The average Bonchev–Trinajstić information content (AvgIpc) is 2.57. The molecular weight excluding hydrogens is 304 g/mol. The van der Waals surface area contributed by atoms with Gasteiger partial charge in [-0.25, -0.2) is 0 Å². The van der Waals surface area contributed by atoms with Gasteiger partial charge in [0.1, 0.15) is 5.75 Å². The van der Waals surface area contributed by atoms with Gasteiger partial charge in [-0.2, -0.15) is 0 Å². The molecule has 0 aromatic heterocycles. The summed E-state index contributed by atoms with van der Waals surface area (Å²) in [4.78, 5) is 14.3. The number of carbonyl (C=O) groups is 1. The molecule has 0 bridgehead atoms. The van der Waals surface area contributed by atoms with Crippen molar-refractivity contribution in [2.75, 3.05) is 46.0 Å². The van der Waals surface area contributed by atoms with E-state index in [1.54, 1.807) is 0 Å². The fourth-order valence-electron chi connectivity index (χ4n) is 2.76. The van der Waals surface area contributed by atoms with Gasteiger partial charge in [-0.15, -0.1) is 0 Å². The van der Waals surface area contributed by atoms with Crippen LogP contribution in [0.25, 0.3) is 0 Å². The van der Waals surface area contributed by atoms with Gasteiger partial charge in [0.15, 0.2) is 6.61 Å². The molecule has 1 aliphatic heterocycles. The number of rotatable bonds is 7. The molecule has 1 aromatic carbocycles. The second kappa shape index (κ2) is 9.04. The summed E-state index contributed by atoms with van der Waals surface area (Å²) < 4.78 is 11.1. The van der Waals surface area contributed by atoms with E-state index in [-0.39, 0.29) is 17.9 Å². The number of morpholine rings is 1. The molecule has 5 nitrogen and oxygen atoms in total. The van der Waals surface area contributed by atoms with Crippen LogP contribution in [0, 0.1) is 0 Å². The summed E-state index contributed by atoms with van der Waals surface area (Å²) in [5.74, 6) is 0.717. The van der Waals surface area contributed by atoms with E-state index in [1.165, 1.54) is 0 Å². The molecular formula is C19H30N2O3. The summed E-state index contributed by atoms with van der Waals surface area (Å²) in [5.41, 5.74) is 1.11. The molecule has 0 aliphatic carbocycles. The Labute approximate surface area is 145 Å². The van der Waals surface area contributed by atoms with Gasteiger partial charge >= 0.3 is 0 Å². The Bertz CT molecular complexity index is 520. The first-order valence-electron chi connectivity index (χ1n) is 8.76. The minimum atomic E-state index is -0.0688. The number of benzene rings is 1. The molecule has 134 valence electrons. The van der Waals surface area contributed by atoms with E-state index in [4.69, 9.17) is 9.47 Å². The van der Waals surface area contributed by atoms with E-state index >= 15 is 0 Å². The lowest BCUT2D eigenvalue weighted by atomic mass is 9.86. The van der Waals surface area contributed by atoms with Gasteiger partial charge in [0.05, 0.1) is 13.2 Å². The highest BCUT2D eigenvalue weighted by molar-refractivity contribution is 5.77. The largest absolute Gasteiger partial charge is 0.483 e.